The standard InChI is InChI=1S/C17H17NO2S/c1-2-20-17(19)12-16(13-8-4-3-5-9-13)21-15-11-7-6-10-14(15)18/h3-12H,2,18H2,1H3/b16-12+. The lowest BCUT2D eigenvalue weighted by molar-refractivity contribution is -0.137. The largest absolute Gasteiger partial charge is 0.463 e. The van der Waals surface area contributed by atoms with E-state index in [1.807, 2.05) is 54.6 Å². The number of ether oxygens (including phenoxy) is 1. The highest BCUT2D eigenvalue weighted by Gasteiger charge is 2.09. The molecule has 0 aliphatic carbocycles. The number of thioether (sulfide) groups is 1. The van der Waals surface area contributed by atoms with E-state index in [0.29, 0.717) is 12.3 Å². The molecular formula is C17H17NO2S. The van der Waals surface area contributed by atoms with E-state index in [1.165, 1.54) is 17.8 Å². The van der Waals surface area contributed by atoms with Crippen LogP contribution in [0.4, 0.5) is 5.69 Å². The second-order valence-electron chi connectivity index (χ2n) is 4.27. The highest BCUT2D eigenvalue weighted by atomic mass is 32.2. The summed E-state index contributed by atoms with van der Waals surface area (Å²) in [5, 5.41) is 0. The van der Waals surface area contributed by atoms with E-state index < -0.39 is 0 Å². The lowest BCUT2D eigenvalue weighted by Crippen LogP contribution is -2.00. The van der Waals surface area contributed by atoms with Crippen molar-refractivity contribution >= 4 is 28.3 Å². The molecule has 3 nitrogen and oxygen atoms in total. The molecule has 2 rings (SSSR count). The number of esters is 1. The van der Waals surface area contributed by atoms with E-state index >= 15 is 0 Å². The zero-order valence-corrected chi connectivity index (χ0v) is 12.6. The Morgan fingerprint density at radius 2 is 1.81 bits per heavy atom. The Balaban J connectivity index is 2.33. The number of hydrogen-bond donors (Lipinski definition) is 1. The number of nitrogen functional groups attached to an aromatic ring is 1. The molecule has 0 heterocycles. The fraction of sp³-hybridized carbons (Fsp3) is 0.118. The number of anilines is 1. The van der Waals surface area contributed by atoms with Crippen LogP contribution in [0.2, 0.25) is 0 Å². The highest BCUT2D eigenvalue weighted by molar-refractivity contribution is 8.08. The first-order chi connectivity index (χ1) is 10.2. The molecule has 108 valence electrons. The summed E-state index contributed by atoms with van der Waals surface area (Å²) in [5.74, 6) is -0.349. The fourth-order valence-electron chi connectivity index (χ4n) is 1.76. The smallest absolute Gasteiger partial charge is 0.331 e. The number of carbonyl (C=O) groups excluding carboxylic acids is 1. The van der Waals surface area contributed by atoms with Crippen LogP contribution in [0.1, 0.15) is 12.5 Å². The molecule has 2 aromatic rings. The molecule has 0 unspecified atom stereocenters. The van der Waals surface area contributed by atoms with Gasteiger partial charge in [0.05, 0.1) is 6.61 Å². The van der Waals surface area contributed by atoms with Crippen LogP contribution in [0, 0.1) is 0 Å². The van der Waals surface area contributed by atoms with Gasteiger partial charge in [-0.15, -0.1) is 0 Å². The number of para-hydroxylation sites is 1. The van der Waals surface area contributed by atoms with Gasteiger partial charge in [-0.25, -0.2) is 4.79 Å². The summed E-state index contributed by atoms with van der Waals surface area (Å²) in [6.07, 6.45) is 1.51. The molecule has 0 atom stereocenters. The molecule has 0 aliphatic rings. The van der Waals surface area contributed by atoms with Crippen molar-refractivity contribution in [1.82, 2.24) is 0 Å². The predicted octanol–water partition coefficient (Wildman–Crippen LogP) is 3.97. The third-order valence-corrected chi connectivity index (χ3v) is 3.90. The molecule has 0 saturated carbocycles. The van der Waals surface area contributed by atoms with Crippen LogP contribution >= 0.6 is 11.8 Å². The minimum absolute atomic E-state index is 0.349. The maximum atomic E-state index is 11.8. The van der Waals surface area contributed by atoms with Crippen LogP contribution in [-0.2, 0) is 9.53 Å². The van der Waals surface area contributed by atoms with Crippen molar-refractivity contribution in [3.63, 3.8) is 0 Å². The Bertz CT molecular complexity index is 638. The third kappa shape index (κ3) is 4.39. The first-order valence-electron chi connectivity index (χ1n) is 6.67. The molecule has 0 radical (unpaired) electrons. The Hall–Kier alpha value is -2.20. The van der Waals surface area contributed by atoms with Crippen molar-refractivity contribution in [2.45, 2.75) is 11.8 Å². The van der Waals surface area contributed by atoms with Gasteiger partial charge < -0.3 is 10.5 Å². The average molecular weight is 299 g/mol. The van der Waals surface area contributed by atoms with Gasteiger partial charge in [-0.3, -0.25) is 0 Å². The molecule has 0 spiro atoms. The average Bonchev–Trinajstić information content (AvgIpc) is 2.50. The van der Waals surface area contributed by atoms with Gasteiger partial charge in [0, 0.05) is 21.6 Å². The first-order valence-corrected chi connectivity index (χ1v) is 7.48. The number of rotatable bonds is 5. The summed E-state index contributed by atoms with van der Waals surface area (Å²) < 4.78 is 5.00. The van der Waals surface area contributed by atoms with Crippen LogP contribution < -0.4 is 5.73 Å². The van der Waals surface area contributed by atoms with Gasteiger partial charge in [0.15, 0.2) is 0 Å². The Morgan fingerprint density at radius 3 is 2.48 bits per heavy atom. The summed E-state index contributed by atoms with van der Waals surface area (Å²) in [7, 11) is 0. The summed E-state index contributed by atoms with van der Waals surface area (Å²) in [4.78, 5) is 13.5. The third-order valence-electron chi connectivity index (χ3n) is 2.73. The molecule has 0 aromatic heterocycles. The molecule has 21 heavy (non-hydrogen) atoms. The second-order valence-corrected chi connectivity index (χ2v) is 5.35. The highest BCUT2D eigenvalue weighted by Crippen LogP contribution is 2.37. The molecular weight excluding hydrogens is 282 g/mol. The Labute approximate surface area is 128 Å². The monoisotopic (exact) mass is 299 g/mol. The molecule has 0 saturated heterocycles. The lowest BCUT2D eigenvalue weighted by atomic mass is 10.2. The molecule has 0 fully saturated rings. The van der Waals surface area contributed by atoms with Crippen molar-refractivity contribution in [2.24, 2.45) is 0 Å². The zero-order chi connectivity index (χ0) is 15.1. The van der Waals surface area contributed by atoms with Crippen molar-refractivity contribution in [3.8, 4) is 0 Å². The fourth-order valence-corrected chi connectivity index (χ4v) is 2.74. The summed E-state index contributed by atoms with van der Waals surface area (Å²) >= 11 is 1.46. The second kappa shape index (κ2) is 7.55. The number of nitrogens with two attached hydrogens (primary N) is 1. The van der Waals surface area contributed by atoms with E-state index in [9.17, 15) is 4.79 Å². The van der Waals surface area contributed by atoms with E-state index in [0.717, 1.165) is 15.4 Å². The summed E-state index contributed by atoms with van der Waals surface area (Å²) in [6.45, 7) is 2.14. The molecule has 0 amide bonds. The summed E-state index contributed by atoms with van der Waals surface area (Å²) in [5.41, 5.74) is 7.62. The minimum atomic E-state index is -0.349. The molecule has 0 aliphatic heterocycles. The SMILES string of the molecule is CCOC(=O)/C=C(/Sc1ccccc1N)c1ccccc1. The maximum Gasteiger partial charge on any atom is 0.331 e. The van der Waals surface area contributed by atoms with Gasteiger partial charge >= 0.3 is 5.97 Å². The van der Waals surface area contributed by atoms with Crippen LogP contribution in [0.25, 0.3) is 4.91 Å². The number of benzene rings is 2. The molecule has 2 N–H and O–H groups in total. The van der Waals surface area contributed by atoms with Crippen LogP contribution in [0.5, 0.6) is 0 Å². The number of carbonyl (C=O) groups is 1. The predicted molar refractivity (Wildman–Crippen MR) is 87.8 cm³/mol. The van der Waals surface area contributed by atoms with Crippen LogP contribution in [0.15, 0.2) is 65.6 Å². The van der Waals surface area contributed by atoms with Gasteiger partial charge in [-0.1, -0.05) is 54.2 Å². The molecule has 4 heteroatoms. The van der Waals surface area contributed by atoms with Gasteiger partial charge in [-0.05, 0) is 24.6 Å². The zero-order valence-electron chi connectivity index (χ0n) is 11.8. The molecule has 0 bridgehead atoms. The van der Waals surface area contributed by atoms with Crippen molar-refractivity contribution in [2.75, 3.05) is 12.3 Å². The quantitative estimate of drug-likeness (QED) is 0.393. The van der Waals surface area contributed by atoms with E-state index in [1.54, 1.807) is 6.92 Å². The maximum absolute atomic E-state index is 11.8. The van der Waals surface area contributed by atoms with E-state index in [4.69, 9.17) is 10.5 Å². The van der Waals surface area contributed by atoms with Gasteiger partial charge in [0.25, 0.3) is 0 Å². The Kier molecular flexibility index (Phi) is 5.46. The number of hydrogen-bond acceptors (Lipinski definition) is 4. The molecule has 2 aromatic carbocycles. The van der Waals surface area contributed by atoms with Gasteiger partial charge in [0.1, 0.15) is 0 Å². The van der Waals surface area contributed by atoms with E-state index in [-0.39, 0.29) is 5.97 Å². The van der Waals surface area contributed by atoms with Crippen LogP contribution in [0.3, 0.4) is 0 Å². The van der Waals surface area contributed by atoms with Crippen molar-refractivity contribution < 1.29 is 9.53 Å². The van der Waals surface area contributed by atoms with Crippen LogP contribution in [-0.4, -0.2) is 12.6 Å². The minimum Gasteiger partial charge on any atom is -0.463 e. The first kappa shape index (κ1) is 15.2. The van der Waals surface area contributed by atoms with E-state index in [2.05, 4.69) is 0 Å². The Morgan fingerprint density at radius 1 is 1.14 bits per heavy atom. The van der Waals surface area contributed by atoms with Crippen molar-refractivity contribution in [3.05, 3.63) is 66.2 Å². The lowest BCUT2D eigenvalue weighted by Gasteiger charge is -2.09. The summed E-state index contributed by atoms with van der Waals surface area (Å²) in [6, 6.07) is 17.3. The van der Waals surface area contributed by atoms with Gasteiger partial charge in [0.2, 0.25) is 0 Å². The normalized spacial score (nSPS) is 11.2. The van der Waals surface area contributed by atoms with Gasteiger partial charge in [-0.2, -0.15) is 0 Å². The van der Waals surface area contributed by atoms with Crippen molar-refractivity contribution in [1.29, 1.82) is 0 Å². The topological polar surface area (TPSA) is 52.3 Å².